The summed E-state index contributed by atoms with van der Waals surface area (Å²) in [5, 5.41) is 9.27. The van der Waals surface area contributed by atoms with Gasteiger partial charge in [0, 0.05) is 18.6 Å². The predicted octanol–water partition coefficient (Wildman–Crippen LogP) is 2.21. The number of halogens is 3. The number of hydrogen-bond donors (Lipinski definition) is 1. The Bertz CT molecular complexity index is 433. The van der Waals surface area contributed by atoms with E-state index in [1.807, 2.05) is 0 Å². The maximum Gasteiger partial charge on any atom is 0.445 e. The topological polar surface area (TPSA) is 41.1 Å². The van der Waals surface area contributed by atoms with E-state index in [0.717, 1.165) is 25.9 Å². The molecule has 0 bridgehead atoms. The molecule has 2 fully saturated rings. The third kappa shape index (κ3) is 2.18. The lowest BCUT2D eigenvalue weighted by molar-refractivity contribution is -0.138. The molecule has 2 unspecified atom stereocenters. The van der Waals surface area contributed by atoms with E-state index in [9.17, 15) is 13.2 Å². The molecule has 0 amide bonds. The molecule has 100 valence electrons. The largest absolute Gasteiger partial charge is 0.445 e. The number of alkyl halides is 3. The van der Waals surface area contributed by atoms with Crippen molar-refractivity contribution in [1.29, 1.82) is 0 Å². The van der Waals surface area contributed by atoms with Gasteiger partial charge in [-0.1, -0.05) is 11.3 Å². The van der Waals surface area contributed by atoms with Crippen molar-refractivity contribution < 1.29 is 13.2 Å². The summed E-state index contributed by atoms with van der Waals surface area (Å²) >= 11 is 0.584. The van der Waals surface area contributed by atoms with Crippen molar-refractivity contribution in [3.63, 3.8) is 0 Å². The molecule has 1 aromatic heterocycles. The van der Waals surface area contributed by atoms with Crippen LogP contribution in [0.25, 0.3) is 0 Å². The molecule has 3 rings (SSSR count). The summed E-state index contributed by atoms with van der Waals surface area (Å²) in [6.07, 6.45) is -1.15. The van der Waals surface area contributed by atoms with Crippen molar-refractivity contribution >= 4 is 16.5 Å². The van der Waals surface area contributed by atoms with Crippen LogP contribution in [0, 0.1) is 0 Å². The predicted molar refractivity (Wildman–Crippen MR) is 61.5 cm³/mol. The van der Waals surface area contributed by atoms with E-state index in [4.69, 9.17) is 0 Å². The van der Waals surface area contributed by atoms with Gasteiger partial charge in [0.05, 0.1) is 0 Å². The number of nitrogens with zero attached hydrogens (tertiary/aromatic N) is 3. The zero-order chi connectivity index (χ0) is 12.8. The number of aromatic nitrogens is 2. The zero-order valence-corrected chi connectivity index (χ0v) is 10.4. The minimum atomic E-state index is -4.40. The summed E-state index contributed by atoms with van der Waals surface area (Å²) < 4.78 is 37.2. The molecule has 0 saturated carbocycles. The van der Waals surface area contributed by atoms with Gasteiger partial charge in [-0.15, -0.1) is 10.2 Å². The van der Waals surface area contributed by atoms with Gasteiger partial charge in [0.2, 0.25) is 10.1 Å². The Morgan fingerprint density at radius 2 is 2.06 bits per heavy atom. The number of fused-ring (bicyclic) bond motifs is 1. The molecule has 1 N–H and O–H groups in total. The minimum absolute atomic E-state index is 0.210. The summed E-state index contributed by atoms with van der Waals surface area (Å²) in [5.41, 5.74) is 0. The van der Waals surface area contributed by atoms with E-state index in [-0.39, 0.29) is 11.2 Å². The average molecular weight is 278 g/mol. The quantitative estimate of drug-likeness (QED) is 0.900. The maximum absolute atomic E-state index is 12.4. The molecular formula is C10H13F3N4S. The van der Waals surface area contributed by atoms with Gasteiger partial charge >= 0.3 is 6.18 Å². The standard InChI is InChI=1S/C10H13F3N4S/c11-10(12,13)8-15-16-9(18-8)14-6-3-5-17-4-1-2-7(6)17/h6-7H,1-5H2,(H,14,16). The van der Waals surface area contributed by atoms with Crippen LogP contribution in [0.5, 0.6) is 0 Å². The van der Waals surface area contributed by atoms with Crippen LogP contribution in [0.4, 0.5) is 18.3 Å². The second-order valence-electron chi connectivity index (χ2n) is 4.70. The normalized spacial score (nSPS) is 28.6. The van der Waals surface area contributed by atoms with Crippen LogP contribution in [0.15, 0.2) is 0 Å². The molecule has 18 heavy (non-hydrogen) atoms. The molecule has 2 saturated heterocycles. The molecule has 2 aliphatic rings. The molecule has 0 aromatic carbocycles. The van der Waals surface area contributed by atoms with Crippen molar-refractivity contribution in [2.24, 2.45) is 0 Å². The fourth-order valence-corrected chi connectivity index (χ4v) is 3.48. The molecule has 2 aliphatic heterocycles. The van der Waals surface area contributed by atoms with Crippen molar-refractivity contribution in [2.45, 2.75) is 37.5 Å². The fourth-order valence-electron chi connectivity index (χ4n) is 2.81. The number of hydrogen-bond acceptors (Lipinski definition) is 5. The summed E-state index contributed by atoms with van der Waals surface area (Å²) in [4.78, 5) is 2.39. The maximum atomic E-state index is 12.4. The third-order valence-electron chi connectivity index (χ3n) is 3.58. The molecule has 8 heteroatoms. The van der Waals surface area contributed by atoms with Crippen molar-refractivity contribution in [3.8, 4) is 0 Å². The second kappa shape index (κ2) is 4.34. The van der Waals surface area contributed by atoms with E-state index in [1.165, 1.54) is 6.42 Å². The van der Waals surface area contributed by atoms with Crippen LogP contribution in [-0.4, -0.2) is 40.3 Å². The Kier molecular flexibility index (Phi) is 2.93. The monoisotopic (exact) mass is 278 g/mol. The molecule has 0 radical (unpaired) electrons. The van der Waals surface area contributed by atoms with Crippen LogP contribution in [-0.2, 0) is 6.18 Å². The SMILES string of the molecule is FC(F)(F)c1nnc(NC2CCN3CCCC23)s1. The Hall–Kier alpha value is -0.890. The molecule has 3 heterocycles. The van der Waals surface area contributed by atoms with E-state index >= 15 is 0 Å². The highest BCUT2D eigenvalue weighted by molar-refractivity contribution is 7.15. The van der Waals surface area contributed by atoms with Crippen molar-refractivity contribution in [1.82, 2.24) is 15.1 Å². The minimum Gasteiger partial charge on any atom is -0.356 e. The van der Waals surface area contributed by atoms with E-state index in [1.54, 1.807) is 0 Å². The Morgan fingerprint density at radius 1 is 1.22 bits per heavy atom. The average Bonchev–Trinajstić information content (AvgIpc) is 2.95. The van der Waals surface area contributed by atoms with Gasteiger partial charge in [-0.25, -0.2) is 0 Å². The van der Waals surface area contributed by atoms with Gasteiger partial charge in [-0.2, -0.15) is 13.2 Å². The van der Waals surface area contributed by atoms with Gasteiger partial charge in [-0.3, -0.25) is 4.90 Å². The van der Waals surface area contributed by atoms with Gasteiger partial charge in [-0.05, 0) is 25.8 Å². The van der Waals surface area contributed by atoms with Crippen LogP contribution >= 0.6 is 11.3 Å². The van der Waals surface area contributed by atoms with Crippen LogP contribution in [0.1, 0.15) is 24.3 Å². The first-order valence-electron chi connectivity index (χ1n) is 5.95. The number of rotatable bonds is 2. The highest BCUT2D eigenvalue weighted by Crippen LogP contribution is 2.35. The number of nitrogens with one attached hydrogen (secondary N) is 1. The third-order valence-corrected chi connectivity index (χ3v) is 4.48. The summed E-state index contributed by atoms with van der Waals surface area (Å²) in [6, 6.07) is 0.657. The van der Waals surface area contributed by atoms with Gasteiger partial charge in [0.1, 0.15) is 0 Å². The Labute approximate surface area is 106 Å². The summed E-state index contributed by atoms with van der Waals surface area (Å²) in [7, 11) is 0. The molecule has 2 atom stereocenters. The van der Waals surface area contributed by atoms with Crippen molar-refractivity contribution in [3.05, 3.63) is 5.01 Å². The van der Waals surface area contributed by atoms with E-state index in [0.29, 0.717) is 17.4 Å². The van der Waals surface area contributed by atoms with Crippen molar-refractivity contribution in [2.75, 3.05) is 18.4 Å². The second-order valence-corrected chi connectivity index (χ2v) is 5.67. The molecule has 0 aliphatic carbocycles. The highest BCUT2D eigenvalue weighted by Gasteiger charge is 2.39. The molecule has 1 aromatic rings. The van der Waals surface area contributed by atoms with Gasteiger partial charge in [0.15, 0.2) is 0 Å². The highest BCUT2D eigenvalue weighted by atomic mass is 32.1. The van der Waals surface area contributed by atoms with Gasteiger partial charge < -0.3 is 5.32 Å². The van der Waals surface area contributed by atoms with E-state index in [2.05, 4.69) is 20.4 Å². The first kappa shape index (κ1) is 12.2. The smallest absolute Gasteiger partial charge is 0.356 e. The summed E-state index contributed by atoms with van der Waals surface area (Å²) in [5.74, 6) is 0. The van der Waals surface area contributed by atoms with Crippen LogP contribution in [0.3, 0.4) is 0 Å². The lowest BCUT2D eigenvalue weighted by Gasteiger charge is -2.20. The number of anilines is 1. The fraction of sp³-hybridized carbons (Fsp3) is 0.800. The van der Waals surface area contributed by atoms with Crippen LogP contribution in [0.2, 0.25) is 0 Å². The van der Waals surface area contributed by atoms with E-state index < -0.39 is 11.2 Å². The molecule has 0 spiro atoms. The molecule has 4 nitrogen and oxygen atoms in total. The lowest BCUT2D eigenvalue weighted by atomic mass is 10.1. The Morgan fingerprint density at radius 3 is 2.78 bits per heavy atom. The Balaban J connectivity index is 1.68. The first-order valence-corrected chi connectivity index (χ1v) is 6.77. The lowest BCUT2D eigenvalue weighted by Crippen LogP contribution is -2.33. The zero-order valence-electron chi connectivity index (χ0n) is 9.57. The van der Waals surface area contributed by atoms with Crippen LogP contribution < -0.4 is 5.32 Å². The molecular weight excluding hydrogens is 265 g/mol. The van der Waals surface area contributed by atoms with Gasteiger partial charge in [0.25, 0.3) is 0 Å². The first-order chi connectivity index (χ1) is 8.54. The summed E-state index contributed by atoms with van der Waals surface area (Å²) in [6.45, 7) is 2.13.